The van der Waals surface area contributed by atoms with E-state index in [1.165, 1.54) is 22.7 Å². The first-order valence-corrected chi connectivity index (χ1v) is 7.29. The standard InChI is InChI=1S/C11H9N3O4S2/c15-4-5(10(17)18)12-8(16)7-3-6-9(20-7)13-11-14(6)1-2-19-11/h1-3,5,15H,4H2,(H,12,16)(H,17,18). The maximum absolute atomic E-state index is 12.0. The van der Waals surface area contributed by atoms with Crippen LogP contribution in [-0.2, 0) is 4.79 Å². The number of hydrogen-bond acceptors (Lipinski definition) is 6. The molecule has 104 valence electrons. The van der Waals surface area contributed by atoms with Gasteiger partial charge in [-0.3, -0.25) is 9.20 Å². The number of nitrogens with zero attached hydrogens (tertiary/aromatic N) is 2. The number of aliphatic hydroxyl groups is 1. The van der Waals surface area contributed by atoms with E-state index in [0.717, 1.165) is 15.3 Å². The first-order chi connectivity index (χ1) is 9.60. The van der Waals surface area contributed by atoms with Gasteiger partial charge in [-0.25, -0.2) is 9.78 Å². The summed E-state index contributed by atoms with van der Waals surface area (Å²) in [4.78, 5) is 29.0. The Morgan fingerprint density at radius 2 is 2.30 bits per heavy atom. The molecule has 0 aliphatic heterocycles. The number of hydrogen-bond donors (Lipinski definition) is 3. The highest BCUT2D eigenvalue weighted by Gasteiger charge is 2.21. The molecule has 1 atom stereocenters. The third-order valence-corrected chi connectivity index (χ3v) is 4.52. The maximum Gasteiger partial charge on any atom is 0.328 e. The summed E-state index contributed by atoms with van der Waals surface area (Å²) in [6.07, 6.45) is 1.86. The molecule has 1 amide bonds. The molecule has 0 saturated heterocycles. The summed E-state index contributed by atoms with van der Waals surface area (Å²) in [5.41, 5.74) is 0.812. The van der Waals surface area contributed by atoms with Gasteiger partial charge in [0.15, 0.2) is 11.0 Å². The normalized spacial score (nSPS) is 12.8. The lowest BCUT2D eigenvalue weighted by atomic mass is 10.3. The van der Waals surface area contributed by atoms with E-state index < -0.39 is 24.5 Å². The van der Waals surface area contributed by atoms with E-state index in [9.17, 15) is 9.59 Å². The second-order valence-electron chi connectivity index (χ2n) is 4.02. The minimum absolute atomic E-state index is 0.364. The summed E-state index contributed by atoms with van der Waals surface area (Å²) in [7, 11) is 0. The Morgan fingerprint density at radius 1 is 1.50 bits per heavy atom. The maximum atomic E-state index is 12.0. The van der Waals surface area contributed by atoms with Gasteiger partial charge in [-0.2, -0.15) is 0 Å². The first-order valence-electron chi connectivity index (χ1n) is 5.60. The average Bonchev–Trinajstić information content (AvgIpc) is 3.05. The number of rotatable bonds is 4. The number of aromatic nitrogens is 2. The molecular formula is C11H9N3O4S2. The van der Waals surface area contributed by atoms with Crippen LogP contribution in [0.4, 0.5) is 0 Å². The molecule has 0 aliphatic rings. The summed E-state index contributed by atoms with van der Waals surface area (Å²) in [5.74, 6) is -1.80. The number of carboxylic acid groups (broad SMARTS) is 1. The fourth-order valence-electron chi connectivity index (χ4n) is 1.77. The number of carbonyl (C=O) groups excluding carboxylic acids is 1. The van der Waals surface area contributed by atoms with Gasteiger partial charge in [0.2, 0.25) is 0 Å². The van der Waals surface area contributed by atoms with Gasteiger partial charge in [-0.1, -0.05) is 0 Å². The molecule has 0 aliphatic carbocycles. The summed E-state index contributed by atoms with van der Waals surface area (Å²) >= 11 is 2.69. The quantitative estimate of drug-likeness (QED) is 0.661. The van der Waals surface area contributed by atoms with Gasteiger partial charge in [0, 0.05) is 11.6 Å². The third-order valence-electron chi connectivity index (χ3n) is 2.75. The number of thiophene rings is 1. The lowest BCUT2D eigenvalue weighted by molar-refractivity contribution is -0.140. The minimum atomic E-state index is -1.30. The Hall–Kier alpha value is -1.97. The number of nitrogens with one attached hydrogen (secondary N) is 1. The molecule has 3 aromatic rings. The highest BCUT2D eigenvalue weighted by molar-refractivity contribution is 7.21. The summed E-state index contributed by atoms with van der Waals surface area (Å²) in [5, 5.41) is 21.9. The Balaban J connectivity index is 1.91. The van der Waals surface area contributed by atoms with Crippen molar-refractivity contribution in [3.8, 4) is 0 Å². The molecule has 20 heavy (non-hydrogen) atoms. The lowest BCUT2D eigenvalue weighted by Gasteiger charge is -2.09. The lowest BCUT2D eigenvalue weighted by Crippen LogP contribution is -2.43. The Labute approximate surface area is 120 Å². The first kappa shape index (κ1) is 13.0. The summed E-state index contributed by atoms with van der Waals surface area (Å²) < 4.78 is 1.87. The number of thiazole rings is 1. The van der Waals surface area contributed by atoms with Gasteiger partial charge in [-0.05, 0) is 6.07 Å². The van der Waals surface area contributed by atoms with E-state index in [4.69, 9.17) is 10.2 Å². The highest BCUT2D eigenvalue weighted by atomic mass is 32.1. The number of carboxylic acids is 1. The fraction of sp³-hybridized carbons (Fsp3) is 0.182. The van der Waals surface area contributed by atoms with Crippen molar-refractivity contribution in [2.45, 2.75) is 6.04 Å². The van der Waals surface area contributed by atoms with E-state index in [-0.39, 0.29) is 0 Å². The van der Waals surface area contributed by atoms with Gasteiger partial charge in [-0.15, -0.1) is 22.7 Å². The van der Waals surface area contributed by atoms with E-state index in [2.05, 4.69) is 10.3 Å². The van der Waals surface area contributed by atoms with Crippen molar-refractivity contribution >= 4 is 49.9 Å². The second kappa shape index (κ2) is 4.85. The molecule has 0 spiro atoms. The Morgan fingerprint density at radius 3 is 3.00 bits per heavy atom. The molecular weight excluding hydrogens is 302 g/mol. The second-order valence-corrected chi connectivity index (χ2v) is 5.92. The third kappa shape index (κ3) is 2.05. The largest absolute Gasteiger partial charge is 0.480 e. The Bertz CT molecular complexity index is 803. The van der Waals surface area contributed by atoms with Crippen molar-refractivity contribution < 1.29 is 19.8 Å². The van der Waals surface area contributed by atoms with E-state index >= 15 is 0 Å². The summed E-state index contributed by atoms with van der Waals surface area (Å²) in [6, 6.07) is 0.360. The van der Waals surface area contributed by atoms with Crippen molar-refractivity contribution in [3.05, 3.63) is 22.5 Å². The molecule has 1 unspecified atom stereocenters. The monoisotopic (exact) mass is 311 g/mol. The molecule has 0 radical (unpaired) electrons. The molecule has 7 nitrogen and oxygen atoms in total. The number of amides is 1. The molecule has 0 aromatic carbocycles. The van der Waals surface area contributed by atoms with Crippen LogP contribution in [0.15, 0.2) is 17.6 Å². The number of aliphatic carboxylic acids is 1. The van der Waals surface area contributed by atoms with Gasteiger partial charge in [0.05, 0.1) is 17.0 Å². The zero-order chi connectivity index (χ0) is 14.3. The van der Waals surface area contributed by atoms with Crippen molar-refractivity contribution in [2.24, 2.45) is 0 Å². The molecule has 0 fully saturated rings. The van der Waals surface area contributed by atoms with Crippen LogP contribution in [0.1, 0.15) is 9.67 Å². The predicted molar refractivity (Wildman–Crippen MR) is 74.4 cm³/mol. The molecule has 0 saturated carbocycles. The van der Waals surface area contributed by atoms with E-state index in [1.807, 2.05) is 16.0 Å². The zero-order valence-corrected chi connectivity index (χ0v) is 11.6. The van der Waals surface area contributed by atoms with Crippen LogP contribution < -0.4 is 5.32 Å². The number of carbonyl (C=O) groups is 2. The minimum Gasteiger partial charge on any atom is -0.480 e. The molecule has 3 aromatic heterocycles. The highest BCUT2D eigenvalue weighted by Crippen LogP contribution is 2.28. The number of fused-ring (bicyclic) bond motifs is 3. The SMILES string of the molecule is O=C(NC(CO)C(=O)O)c1cc2c(nc3sccn32)s1. The summed E-state index contributed by atoms with van der Waals surface area (Å²) in [6.45, 7) is -0.653. The smallest absolute Gasteiger partial charge is 0.328 e. The molecule has 3 rings (SSSR count). The fourth-order valence-corrected chi connectivity index (χ4v) is 3.48. The molecule has 3 N–H and O–H groups in total. The van der Waals surface area contributed by atoms with E-state index in [0.29, 0.717) is 4.88 Å². The van der Waals surface area contributed by atoms with Gasteiger partial charge >= 0.3 is 5.97 Å². The predicted octanol–water partition coefficient (Wildman–Crippen LogP) is 0.786. The van der Waals surface area contributed by atoms with Crippen molar-refractivity contribution in [2.75, 3.05) is 6.61 Å². The molecule has 9 heteroatoms. The van der Waals surface area contributed by atoms with Crippen LogP contribution in [0.2, 0.25) is 0 Å². The van der Waals surface area contributed by atoms with E-state index in [1.54, 1.807) is 6.07 Å². The van der Waals surface area contributed by atoms with Crippen molar-refractivity contribution in [1.82, 2.24) is 14.7 Å². The van der Waals surface area contributed by atoms with Gasteiger partial charge in [0.1, 0.15) is 4.83 Å². The number of imidazole rings is 1. The number of aliphatic hydroxyl groups excluding tert-OH is 1. The van der Waals surface area contributed by atoms with Crippen LogP contribution in [0.5, 0.6) is 0 Å². The van der Waals surface area contributed by atoms with Gasteiger partial charge in [0.25, 0.3) is 5.91 Å². The Kier molecular flexibility index (Phi) is 3.16. The molecule has 3 heterocycles. The van der Waals surface area contributed by atoms with Crippen LogP contribution in [-0.4, -0.2) is 44.1 Å². The van der Waals surface area contributed by atoms with Crippen molar-refractivity contribution in [1.29, 1.82) is 0 Å². The van der Waals surface area contributed by atoms with Gasteiger partial charge < -0.3 is 15.5 Å². The average molecular weight is 311 g/mol. The topological polar surface area (TPSA) is 104 Å². The molecule has 0 bridgehead atoms. The van der Waals surface area contributed by atoms with Crippen LogP contribution in [0, 0.1) is 0 Å². The zero-order valence-electron chi connectivity index (χ0n) is 9.94. The van der Waals surface area contributed by atoms with Crippen molar-refractivity contribution in [3.63, 3.8) is 0 Å². The van der Waals surface area contributed by atoms with Crippen LogP contribution in [0.25, 0.3) is 15.3 Å². The van der Waals surface area contributed by atoms with Crippen LogP contribution >= 0.6 is 22.7 Å². The van der Waals surface area contributed by atoms with Crippen LogP contribution in [0.3, 0.4) is 0 Å².